The van der Waals surface area contributed by atoms with Crippen LogP contribution in [0.4, 0.5) is 0 Å². The molecule has 0 spiro atoms. The highest BCUT2D eigenvalue weighted by molar-refractivity contribution is 7.91. The Morgan fingerprint density at radius 2 is 1.72 bits per heavy atom. The molecule has 5 nitrogen and oxygen atoms in total. The Hall–Kier alpha value is -2.02. The predicted octanol–water partition coefficient (Wildman–Crippen LogP) is 4.89. The van der Waals surface area contributed by atoms with Crippen molar-refractivity contribution < 1.29 is 22.7 Å². The van der Waals surface area contributed by atoms with Gasteiger partial charge in [0.2, 0.25) is 0 Å². The summed E-state index contributed by atoms with van der Waals surface area (Å²) < 4.78 is 37.6. The van der Waals surface area contributed by atoms with Crippen LogP contribution in [0.1, 0.15) is 50.2 Å². The number of aryl methyl sites for hydroxylation is 2. The van der Waals surface area contributed by atoms with E-state index in [1.807, 2.05) is 18.2 Å². The van der Waals surface area contributed by atoms with Crippen molar-refractivity contribution in [1.82, 2.24) is 0 Å². The van der Waals surface area contributed by atoms with E-state index < -0.39 is 15.6 Å². The van der Waals surface area contributed by atoms with E-state index in [0.29, 0.717) is 36.7 Å². The molecular formula is C26H32O5S. The molecule has 0 unspecified atom stereocenters. The maximum absolute atomic E-state index is 12.6. The number of carbonyl (C=O) groups excluding carboxylic acids is 1. The first kappa shape index (κ1) is 23.1. The number of Topliss-reactive ketones (excluding diaryl/α,β-unsaturated/α-hetero) is 1. The van der Waals surface area contributed by atoms with Crippen LogP contribution in [0.3, 0.4) is 0 Å². The summed E-state index contributed by atoms with van der Waals surface area (Å²) in [4.78, 5) is 12.1. The first-order chi connectivity index (χ1) is 15.3. The number of benzene rings is 2. The Kier molecular flexibility index (Phi) is 6.84. The van der Waals surface area contributed by atoms with Gasteiger partial charge in [-0.25, -0.2) is 8.42 Å². The van der Waals surface area contributed by atoms with Crippen molar-refractivity contribution in [2.75, 3.05) is 19.0 Å². The third-order valence-corrected chi connectivity index (χ3v) is 8.73. The first-order valence-electron chi connectivity index (χ1n) is 11.6. The number of hydrogen-bond donors (Lipinski definition) is 0. The quantitative estimate of drug-likeness (QED) is 0.593. The highest BCUT2D eigenvalue weighted by atomic mass is 32.2. The Labute approximate surface area is 191 Å². The van der Waals surface area contributed by atoms with Crippen LogP contribution in [-0.2, 0) is 30.5 Å². The molecule has 0 aromatic heterocycles. The Balaban J connectivity index is 1.60. The maximum Gasteiger partial charge on any atom is 0.178 e. The minimum Gasteiger partial charge on any atom is -0.347 e. The normalized spacial score (nSPS) is 19.4. The summed E-state index contributed by atoms with van der Waals surface area (Å²) in [7, 11) is -3.32. The third-order valence-electron chi connectivity index (χ3n) is 6.95. The van der Waals surface area contributed by atoms with E-state index >= 15 is 0 Å². The molecular weight excluding hydrogens is 424 g/mol. The minimum atomic E-state index is -3.32. The molecule has 32 heavy (non-hydrogen) atoms. The summed E-state index contributed by atoms with van der Waals surface area (Å²) in [6.07, 6.45) is 4.35. The lowest BCUT2D eigenvalue weighted by atomic mass is 9.80. The largest absolute Gasteiger partial charge is 0.347 e. The van der Waals surface area contributed by atoms with E-state index in [2.05, 4.69) is 19.1 Å². The second-order valence-corrected chi connectivity index (χ2v) is 11.1. The molecule has 0 radical (unpaired) electrons. The predicted molar refractivity (Wildman–Crippen MR) is 124 cm³/mol. The lowest BCUT2D eigenvalue weighted by molar-refractivity contribution is -0.205. The molecule has 0 amide bonds. The fourth-order valence-corrected chi connectivity index (χ4v) is 6.10. The SMILES string of the molecule is CCS(=O)(=O)c1ccccc1-c1ccc(C)c(CCC2(C3CCC(=O)CC3)OCCO2)c1. The number of hydrogen-bond acceptors (Lipinski definition) is 5. The number of rotatable bonds is 7. The van der Waals surface area contributed by atoms with Gasteiger partial charge in [-0.05, 0) is 48.9 Å². The fourth-order valence-electron chi connectivity index (χ4n) is 4.98. The minimum absolute atomic E-state index is 0.0732. The van der Waals surface area contributed by atoms with Crippen LogP contribution in [0, 0.1) is 12.8 Å². The second kappa shape index (κ2) is 9.46. The summed E-state index contributed by atoms with van der Waals surface area (Å²) in [6.45, 7) is 4.93. The van der Waals surface area contributed by atoms with Crippen LogP contribution in [0.25, 0.3) is 11.1 Å². The molecule has 1 saturated heterocycles. The second-order valence-electron chi connectivity index (χ2n) is 8.86. The molecule has 1 aliphatic carbocycles. The van der Waals surface area contributed by atoms with Crippen LogP contribution in [0.15, 0.2) is 47.4 Å². The van der Waals surface area contributed by atoms with E-state index in [0.717, 1.165) is 47.9 Å². The van der Waals surface area contributed by atoms with E-state index in [9.17, 15) is 13.2 Å². The van der Waals surface area contributed by atoms with Crippen molar-refractivity contribution >= 4 is 15.6 Å². The van der Waals surface area contributed by atoms with E-state index in [1.165, 1.54) is 0 Å². The van der Waals surface area contributed by atoms with Crippen molar-refractivity contribution in [2.24, 2.45) is 5.92 Å². The van der Waals surface area contributed by atoms with Crippen molar-refractivity contribution in [3.05, 3.63) is 53.6 Å². The van der Waals surface area contributed by atoms with Crippen molar-refractivity contribution in [3.63, 3.8) is 0 Å². The van der Waals surface area contributed by atoms with Crippen LogP contribution < -0.4 is 0 Å². The zero-order valence-corrected chi connectivity index (χ0v) is 19.7. The summed E-state index contributed by atoms with van der Waals surface area (Å²) in [5.74, 6) is 0.0245. The average molecular weight is 457 g/mol. The molecule has 172 valence electrons. The Bertz CT molecular complexity index is 1070. The van der Waals surface area contributed by atoms with Crippen LogP contribution in [0.2, 0.25) is 0 Å². The molecule has 0 bridgehead atoms. The molecule has 2 aromatic carbocycles. The van der Waals surface area contributed by atoms with Gasteiger partial charge in [0.1, 0.15) is 5.78 Å². The number of ether oxygens (including phenoxy) is 2. The molecule has 0 atom stereocenters. The van der Waals surface area contributed by atoms with Gasteiger partial charge in [0, 0.05) is 30.7 Å². The number of sulfone groups is 1. The average Bonchev–Trinajstić information content (AvgIpc) is 3.29. The number of ketones is 1. The smallest absolute Gasteiger partial charge is 0.178 e. The lowest BCUT2D eigenvalue weighted by Crippen LogP contribution is -2.41. The van der Waals surface area contributed by atoms with Crippen LogP contribution in [-0.4, -0.2) is 39.0 Å². The highest BCUT2D eigenvalue weighted by Gasteiger charge is 2.45. The summed E-state index contributed by atoms with van der Waals surface area (Å²) in [5, 5.41) is 0. The van der Waals surface area contributed by atoms with Crippen molar-refractivity contribution in [3.8, 4) is 11.1 Å². The van der Waals surface area contributed by atoms with Crippen LogP contribution in [0.5, 0.6) is 0 Å². The van der Waals surface area contributed by atoms with Gasteiger partial charge in [-0.15, -0.1) is 0 Å². The summed E-state index contributed by atoms with van der Waals surface area (Å²) >= 11 is 0. The highest BCUT2D eigenvalue weighted by Crippen LogP contribution is 2.41. The van der Waals surface area contributed by atoms with Gasteiger partial charge in [-0.3, -0.25) is 4.79 Å². The molecule has 0 N–H and O–H groups in total. The molecule has 1 heterocycles. The lowest BCUT2D eigenvalue weighted by Gasteiger charge is -2.37. The van der Waals surface area contributed by atoms with Gasteiger partial charge in [-0.1, -0.05) is 43.3 Å². The zero-order valence-electron chi connectivity index (χ0n) is 18.9. The summed E-state index contributed by atoms with van der Waals surface area (Å²) in [5.41, 5.74) is 3.97. The maximum atomic E-state index is 12.6. The van der Waals surface area contributed by atoms with Gasteiger partial charge in [0.25, 0.3) is 0 Å². The first-order valence-corrected chi connectivity index (χ1v) is 13.2. The topological polar surface area (TPSA) is 69.7 Å². The Morgan fingerprint density at radius 1 is 1.03 bits per heavy atom. The monoisotopic (exact) mass is 456 g/mol. The van der Waals surface area contributed by atoms with Gasteiger partial charge in [0.05, 0.1) is 23.9 Å². The van der Waals surface area contributed by atoms with Crippen molar-refractivity contribution in [2.45, 2.75) is 63.1 Å². The van der Waals surface area contributed by atoms with Crippen molar-refractivity contribution in [1.29, 1.82) is 0 Å². The zero-order chi connectivity index (χ0) is 22.8. The van der Waals surface area contributed by atoms with Gasteiger partial charge in [-0.2, -0.15) is 0 Å². The van der Waals surface area contributed by atoms with Gasteiger partial charge < -0.3 is 9.47 Å². The number of carbonyl (C=O) groups is 1. The van der Waals surface area contributed by atoms with E-state index in [-0.39, 0.29) is 11.7 Å². The van der Waals surface area contributed by atoms with Crippen LogP contribution >= 0.6 is 0 Å². The molecule has 2 aromatic rings. The molecule has 1 saturated carbocycles. The molecule has 2 fully saturated rings. The standard InChI is InChI=1S/C26H32O5S/c1-3-32(28,29)25-7-5-4-6-24(25)21-9-8-19(2)20(18-21)14-15-26(30-16-17-31-26)22-10-12-23(27)13-11-22/h4-9,18,22H,3,10-17H2,1-2H3. The van der Waals surface area contributed by atoms with E-state index in [4.69, 9.17) is 9.47 Å². The molecule has 6 heteroatoms. The third kappa shape index (κ3) is 4.68. The summed E-state index contributed by atoms with van der Waals surface area (Å²) in [6, 6.07) is 13.4. The fraction of sp³-hybridized carbons (Fsp3) is 0.500. The molecule has 4 rings (SSSR count). The molecule has 1 aliphatic heterocycles. The van der Waals surface area contributed by atoms with E-state index in [1.54, 1.807) is 19.1 Å². The Morgan fingerprint density at radius 3 is 2.41 bits per heavy atom. The van der Waals surface area contributed by atoms with Gasteiger partial charge >= 0.3 is 0 Å². The van der Waals surface area contributed by atoms with Gasteiger partial charge in [0.15, 0.2) is 15.6 Å². The molecule has 2 aliphatic rings.